The molecular formula is C14H18N2O. The van der Waals surface area contributed by atoms with E-state index in [1.54, 1.807) is 0 Å². The van der Waals surface area contributed by atoms with Crippen LogP contribution in [0.3, 0.4) is 0 Å². The van der Waals surface area contributed by atoms with E-state index in [1.165, 1.54) is 17.5 Å². The third-order valence-electron chi connectivity index (χ3n) is 3.84. The van der Waals surface area contributed by atoms with Gasteiger partial charge in [0.1, 0.15) is 0 Å². The SMILES string of the molecule is O=C(Nc1ccc2c(c1)CNCC2)C1CCC1. The molecule has 0 unspecified atom stereocenters. The number of carbonyl (C=O) groups is 1. The van der Waals surface area contributed by atoms with Gasteiger partial charge in [-0.2, -0.15) is 0 Å². The van der Waals surface area contributed by atoms with Crippen LogP contribution in [-0.4, -0.2) is 12.5 Å². The summed E-state index contributed by atoms with van der Waals surface area (Å²) in [5.74, 6) is 0.448. The van der Waals surface area contributed by atoms with Crippen molar-refractivity contribution in [1.82, 2.24) is 5.32 Å². The van der Waals surface area contributed by atoms with E-state index in [0.29, 0.717) is 0 Å². The summed E-state index contributed by atoms with van der Waals surface area (Å²) in [6, 6.07) is 6.28. The number of rotatable bonds is 2. The Kier molecular flexibility index (Phi) is 2.85. The summed E-state index contributed by atoms with van der Waals surface area (Å²) in [5, 5.41) is 6.38. The second-order valence-corrected chi connectivity index (χ2v) is 5.03. The molecule has 1 aromatic rings. The van der Waals surface area contributed by atoms with Crippen LogP contribution < -0.4 is 10.6 Å². The number of carbonyl (C=O) groups excluding carboxylic acids is 1. The normalized spacial score (nSPS) is 19.3. The molecule has 3 rings (SSSR count). The Morgan fingerprint density at radius 1 is 1.29 bits per heavy atom. The van der Waals surface area contributed by atoms with Crippen LogP contribution in [0.2, 0.25) is 0 Å². The van der Waals surface area contributed by atoms with Crippen LogP contribution in [0.4, 0.5) is 5.69 Å². The molecule has 3 nitrogen and oxygen atoms in total. The highest BCUT2D eigenvalue weighted by Gasteiger charge is 2.25. The first kappa shape index (κ1) is 10.8. The maximum atomic E-state index is 11.8. The van der Waals surface area contributed by atoms with Crippen LogP contribution in [-0.2, 0) is 17.8 Å². The molecule has 17 heavy (non-hydrogen) atoms. The lowest BCUT2D eigenvalue weighted by Gasteiger charge is -2.24. The zero-order valence-corrected chi connectivity index (χ0v) is 9.96. The third-order valence-corrected chi connectivity index (χ3v) is 3.84. The highest BCUT2D eigenvalue weighted by molar-refractivity contribution is 5.93. The lowest BCUT2D eigenvalue weighted by Crippen LogP contribution is -2.28. The predicted molar refractivity (Wildman–Crippen MR) is 67.8 cm³/mol. The van der Waals surface area contributed by atoms with E-state index in [9.17, 15) is 4.79 Å². The molecule has 1 saturated carbocycles. The fourth-order valence-electron chi connectivity index (χ4n) is 2.47. The summed E-state index contributed by atoms with van der Waals surface area (Å²) in [6.45, 7) is 1.98. The Hall–Kier alpha value is -1.35. The number of amides is 1. The summed E-state index contributed by atoms with van der Waals surface area (Å²) in [7, 11) is 0. The standard InChI is InChI=1S/C14H18N2O/c17-14(11-2-1-3-11)16-13-5-4-10-6-7-15-9-12(10)8-13/h4-5,8,11,15H,1-3,6-7,9H2,(H,16,17). The van der Waals surface area contributed by atoms with Gasteiger partial charge in [-0.05, 0) is 49.1 Å². The molecule has 2 N–H and O–H groups in total. The minimum atomic E-state index is 0.194. The van der Waals surface area contributed by atoms with Gasteiger partial charge in [-0.1, -0.05) is 12.5 Å². The zero-order chi connectivity index (χ0) is 11.7. The number of hydrogen-bond donors (Lipinski definition) is 2. The molecule has 2 aliphatic rings. The number of nitrogens with one attached hydrogen (secondary N) is 2. The van der Waals surface area contributed by atoms with Crippen LogP contribution in [0.5, 0.6) is 0 Å². The van der Waals surface area contributed by atoms with E-state index in [2.05, 4.69) is 22.8 Å². The average molecular weight is 230 g/mol. The minimum Gasteiger partial charge on any atom is -0.326 e. The van der Waals surface area contributed by atoms with Gasteiger partial charge in [0.2, 0.25) is 5.91 Å². The highest BCUT2D eigenvalue weighted by Crippen LogP contribution is 2.28. The van der Waals surface area contributed by atoms with E-state index in [-0.39, 0.29) is 11.8 Å². The second-order valence-electron chi connectivity index (χ2n) is 5.03. The largest absolute Gasteiger partial charge is 0.326 e. The predicted octanol–water partition coefficient (Wildman–Crippen LogP) is 2.07. The quantitative estimate of drug-likeness (QED) is 0.816. The van der Waals surface area contributed by atoms with Gasteiger partial charge in [0.05, 0.1) is 0 Å². The summed E-state index contributed by atoms with van der Waals surface area (Å²) in [6.07, 6.45) is 4.40. The molecule has 1 heterocycles. The molecule has 1 fully saturated rings. The van der Waals surface area contributed by atoms with Gasteiger partial charge in [0.15, 0.2) is 0 Å². The molecule has 0 atom stereocenters. The molecule has 0 radical (unpaired) electrons. The van der Waals surface area contributed by atoms with Crippen LogP contribution >= 0.6 is 0 Å². The Labute approximate surface area is 102 Å². The monoisotopic (exact) mass is 230 g/mol. The van der Waals surface area contributed by atoms with Crippen molar-refractivity contribution in [1.29, 1.82) is 0 Å². The van der Waals surface area contributed by atoms with Crippen LogP contribution in [0.15, 0.2) is 18.2 Å². The Balaban J connectivity index is 1.72. The minimum absolute atomic E-state index is 0.194. The van der Waals surface area contributed by atoms with Crippen molar-refractivity contribution in [3.63, 3.8) is 0 Å². The van der Waals surface area contributed by atoms with Crippen molar-refractivity contribution in [2.24, 2.45) is 5.92 Å². The number of fused-ring (bicyclic) bond motifs is 1. The van der Waals surface area contributed by atoms with E-state index >= 15 is 0 Å². The van der Waals surface area contributed by atoms with Gasteiger partial charge < -0.3 is 10.6 Å². The van der Waals surface area contributed by atoms with Gasteiger partial charge >= 0.3 is 0 Å². The lowest BCUT2D eigenvalue weighted by molar-refractivity contribution is -0.122. The van der Waals surface area contributed by atoms with Gasteiger partial charge in [-0.15, -0.1) is 0 Å². The number of anilines is 1. The van der Waals surface area contributed by atoms with Crippen molar-refractivity contribution in [3.05, 3.63) is 29.3 Å². The van der Waals surface area contributed by atoms with E-state index in [0.717, 1.165) is 38.0 Å². The van der Waals surface area contributed by atoms with Crippen molar-refractivity contribution in [2.75, 3.05) is 11.9 Å². The van der Waals surface area contributed by atoms with Gasteiger partial charge in [0.25, 0.3) is 0 Å². The zero-order valence-electron chi connectivity index (χ0n) is 9.96. The van der Waals surface area contributed by atoms with Crippen LogP contribution in [0.25, 0.3) is 0 Å². The first-order valence-corrected chi connectivity index (χ1v) is 6.46. The van der Waals surface area contributed by atoms with E-state index < -0.39 is 0 Å². The first-order valence-electron chi connectivity index (χ1n) is 6.46. The fourth-order valence-corrected chi connectivity index (χ4v) is 2.47. The summed E-state index contributed by atoms with van der Waals surface area (Å²) in [5.41, 5.74) is 3.68. The van der Waals surface area contributed by atoms with Gasteiger partial charge in [-0.25, -0.2) is 0 Å². The Morgan fingerprint density at radius 2 is 2.18 bits per heavy atom. The molecule has 1 aromatic carbocycles. The molecule has 1 amide bonds. The molecule has 0 spiro atoms. The molecule has 1 aliphatic carbocycles. The summed E-state index contributed by atoms with van der Waals surface area (Å²) >= 11 is 0. The molecule has 0 aromatic heterocycles. The number of hydrogen-bond acceptors (Lipinski definition) is 2. The van der Waals surface area contributed by atoms with E-state index in [1.807, 2.05) is 6.07 Å². The molecule has 90 valence electrons. The van der Waals surface area contributed by atoms with E-state index in [4.69, 9.17) is 0 Å². The van der Waals surface area contributed by atoms with Crippen molar-refractivity contribution < 1.29 is 4.79 Å². The van der Waals surface area contributed by atoms with Crippen molar-refractivity contribution in [2.45, 2.75) is 32.2 Å². The average Bonchev–Trinajstić information content (AvgIpc) is 2.26. The fraction of sp³-hybridized carbons (Fsp3) is 0.500. The first-order chi connectivity index (χ1) is 8.33. The molecule has 0 bridgehead atoms. The number of benzene rings is 1. The van der Waals surface area contributed by atoms with Gasteiger partial charge in [-0.3, -0.25) is 4.79 Å². The smallest absolute Gasteiger partial charge is 0.227 e. The van der Waals surface area contributed by atoms with Gasteiger partial charge in [0, 0.05) is 18.2 Å². The Morgan fingerprint density at radius 3 is 2.94 bits per heavy atom. The van der Waals surface area contributed by atoms with Crippen LogP contribution in [0, 0.1) is 5.92 Å². The highest BCUT2D eigenvalue weighted by atomic mass is 16.1. The topological polar surface area (TPSA) is 41.1 Å². The Bertz CT molecular complexity index is 438. The molecule has 0 saturated heterocycles. The molecular weight excluding hydrogens is 212 g/mol. The summed E-state index contributed by atoms with van der Waals surface area (Å²) in [4.78, 5) is 11.8. The second kappa shape index (κ2) is 4.49. The van der Waals surface area contributed by atoms with Crippen molar-refractivity contribution in [3.8, 4) is 0 Å². The van der Waals surface area contributed by atoms with Crippen molar-refractivity contribution >= 4 is 11.6 Å². The summed E-state index contributed by atoms with van der Waals surface area (Å²) < 4.78 is 0. The molecule has 1 aliphatic heterocycles. The lowest BCUT2D eigenvalue weighted by atomic mass is 9.85. The van der Waals surface area contributed by atoms with Crippen LogP contribution in [0.1, 0.15) is 30.4 Å². The third kappa shape index (κ3) is 2.20. The molecule has 3 heteroatoms. The maximum absolute atomic E-state index is 11.8. The maximum Gasteiger partial charge on any atom is 0.227 e.